The van der Waals surface area contributed by atoms with E-state index in [1.165, 1.54) is 0 Å². The summed E-state index contributed by atoms with van der Waals surface area (Å²) in [5.41, 5.74) is 0.247. The third-order valence-corrected chi connectivity index (χ3v) is 2.23. The highest BCUT2D eigenvalue weighted by Gasteiger charge is 2.14. The molecule has 1 rings (SSSR count). The van der Waals surface area contributed by atoms with E-state index in [2.05, 4.69) is 24.7 Å². The fourth-order valence-electron chi connectivity index (χ4n) is 0.499. The molecular weight excluding hydrogens is 232 g/mol. The number of halogens is 1. The summed E-state index contributed by atoms with van der Waals surface area (Å²) in [6.45, 7) is 2.09. The van der Waals surface area contributed by atoms with E-state index < -0.39 is 5.97 Å². The Morgan fingerprint density at radius 3 is 2.91 bits per heavy atom. The van der Waals surface area contributed by atoms with Crippen molar-refractivity contribution in [3.8, 4) is 0 Å². The van der Waals surface area contributed by atoms with E-state index in [0.29, 0.717) is 11.2 Å². The van der Waals surface area contributed by atoms with Crippen molar-refractivity contribution >= 4 is 33.6 Å². The van der Waals surface area contributed by atoms with Crippen molar-refractivity contribution in [1.29, 1.82) is 0 Å². The molecule has 0 spiro atoms. The van der Waals surface area contributed by atoms with E-state index in [9.17, 15) is 4.79 Å². The summed E-state index contributed by atoms with van der Waals surface area (Å²) < 4.78 is 12.7. The fourth-order valence-corrected chi connectivity index (χ4v) is 1.50. The van der Waals surface area contributed by atoms with Gasteiger partial charge in [-0.05, 0) is 22.9 Å². The van der Waals surface area contributed by atoms with Gasteiger partial charge in [-0.1, -0.05) is 0 Å². The van der Waals surface area contributed by atoms with Crippen molar-refractivity contribution in [3.63, 3.8) is 0 Å². The van der Waals surface area contributed by atoms with Crippen molar-refractivity contribution in [2.45, 2.75) is 6.92 Å². The Bertz CT molecular complexity index is 263. The molecule has 0 N–H and O–H groups in total. The normalized spacial score (nSPS) is 9.64. The van der Waals surface area contributed by atoms with E-state index >= 15 is 0 Å². The molecule has 0 bridgehead atoms. The van der Waals surface area contributed by atoms with Crippen LogP contribution in [0.15, 0.2) is 4.60 Å². The molecule has 4 nitrogen and oxygen atoms in total. The topological polar surface area (TPSA) is 52.1 Å². The summed E-state index contributed by atoms with van der Waals surface area (Å²) in [5.74, 6) is -0.437. The predicted molar refractivity (Wildman–Crippen MR) is 43.6 cm³/mol. The molecule has 0 saturated heterocycles. The van der Waals surface area contributed by atoms with E-state index in [1.54, 1.807) is 6.92 Å². The SMILES string of the molecule is CCOC(=O)c1nsnc1Br. The third kappa shape index (κ3) is 1.97. The minimum atomic E-state index is -0.437. The zero-order valence-electron chi connectivity index (χ0n) is 5.70. The predicted octanol–water partition coefficient (Wildman–Crippen LogP) is 1.48. The van der Waals surface area contributed by atoms with Gasteiger partial charge in [0.2, 0.25) is 0 Å². The number of hydrogen-bond acceptors (Lipinski definition) is 5. The molecule has 1 aromatic rings. The maximum Gasteiger partial charge on any atom is 0.360 e. The first-order valence-electron chi connectivity index (χ1n) is 2.91. The lowest BCUT2D eigenvalue weighted by molar-refractivity contribution is 0.0519. The number of aromatic nitrogens is 2. The van der Waals surface area contributed by atoms with Crippen LogP contribution in [-0.4, -0.2) is 21.3 Å². The fraction of sp³-hybridized carbons (Fsp3) is 0.400. The Balaban J connectivity index is 2.76. The molecule has 0 fully saturated rings. The lowest BCUT2D eigenvalue weighted by Gasteiger charge is -1.95. The molecular formula is C5H5BrN2O2S. The molecule has 0 unspecified atom stereocenters. The Morgan fingerprint density at radius 2 is 2.45 bits per heavy atom. The monoisotopic (exact) mass is 236 g/mol. The van der Waals surface area contributed by atoms with Gasteiger partial charge in [0.05, 0.1) is 18.3 Å². The second kappa shape index (κ2) is 3.77. The molecule has 0 aliphatic rings. The molecule has 1 heterocycles. The van der Waals surface area contributed by atoms with Crippen LogP contribution < -0.4 is 0 Å². The number of carbonyl (C=O) groups excluding carboxylic acids is 1. The van der Waals surface area contributed by atoms with Gasteiger partial charge in [-0.25, -0.2) is 4.79 Å². The summed E-state index contributed by atoms with van der Waals surface area (Å²) in [6.07, 6.45) is 0. The third-order valence-electron chi connectivity index (χ3n) is 0.917. The Kier molecular flexibility index (Phi) is 2.95. The van der Waals surface area contributed by atoms with Crippen molar-refractivity contribution in [2.75, 3.05) is 6.61 Å². The lowest BCUT2D eigenvalue weighted by atomic mass is 10.5. The van der Waals surface area contributed by atoms with Gasteiger partial charge >= 0.3 is 5.97 Å². The first-order chi connectivity index (χ1) is 5.25. The van der Waals surface area contributed by atoms with Crippen LogP contribution >= 0.6 is 27.7 Å². The maximum absolute atomic E-state index is 11.0. The van der Waals surface area contributed by atoms with E-state index in [-0.39, 0.29) is 5.69 Å². The molecule has 0 aliphatic carbocycles. The molecule has 0 saturated carbocycles. The zero-order valence-corrected chi connectivity index (χ0v) is 8.11. The van der Waals surface area contributed by atoms with Crippen LogP contribution in [0.5, 0.6) is 0 Å². The molecule has 11 heavy (non-hydrogen) atoms. The van der Waals surface area contributed by atoms with Gasteiger partial charge in [0.1, 0.15) is 0 Å². The van der Waals surface area contributed by atoms with Crippen LogP contribution in [0.3, 0.4) is 0 Å². The number of esters is 1. The molecule has 0 radical (unpaired) electrons. The van der Waals surface area contributed by atoms with Gasteiger partial charge in [0.25, 0.3) is 0 Å². The van der Waals surface area contributed by atoms with Gasteiger partial charge in [-0.3, -0.25) is 0 Å². The number of ether oxygens (including phenoxy) is 1. The average molecular weight is 237 g/mol. The molecule has 1 aromatic heterocycles. The second-order valence-corrected chi connectivity index (χ2v) is 2.90. The molecule has 0 aliphatic heterocycles. The maximum atomic E-state index is 11.0. The van der Waals surface area contributed by atoms with Crippen LogP contribution in [-0.2, 0) is 4.74 Å². The van der Waals surface area contributed by atoms with Crippen molar-refractivity contribution in [2.24, 2.45) is 0 Å². The van der Waals surface area contributed by atoms with E-state index in [0.717, 1.165) is 11.7 Å². The Labute approximate surface area is 76.0 Å². The van der Waals surface area contributed by atoms with Gasteiger partial charge in [-0.15, -0.1) is 0 Å². The van der Waals surface area contributed by atoms with Crippen LogP contribution in [0.25, 0.3) is 0 Å². The summed E-state index contributed by atoms with van der Waals surface area (Å²) >= 11 is 4.05. The smallest absolute Gasteiger partial charge is 0.360 e. The summed E-state index contributed by atoms with van der Waals surface area (Å²) in [5, 5.41) is 0. The van der Waals surface area contributed by atoms with Crippen LogP contribution in [0.2, 0.25) is 0 Å². The highest BCUT2D eigenvalue weighted by molar-refractivity contribution is 9.10. The number of hydrogen-bond donors (Lipinski definition) is 0. The first-order valence-corrected chi connectivity index (χ1v) is 4.43. The average Bonchev–Trinajstić information content (AvgIpc) is 2.36. The standard InChI is InChI=1S/C5H5BrN2O2S/c1-2-10-5(9)3-4(6)8-11-7-3/h2H2,1H3. The molecule has 0 aromatic carbocycles. The first kappa shape index (κ1) is 8.61. The second-order valence-electron chi connectivity index (χ2n) is 1.62. The van der Waals surface area contributed by atoms with Gasteiger partial charge in [0.15, 0.2) is 10.3 Å². The summed E-state index contributed by atoms with van der Waals surface area (Å²) in [7, 11) is 0. The largest absolute Gasteiger partial charge is 0.461 e. The van der Waals surface area contributed by atoms with E-state index in [1.807, 2.05) is 0 Å². The Morgan fingerprint density at radius 1 is 1.73 bits per heavy atom. The minimum absolute atomic E-state index is 0.247. The number of rotatable bonds is 2. The summed E-state index contributed by atoms with van der Waals surface area (Å²) in [4.78, 5) is 11.0. The quantitative estimate of drug-likeness (QED) is 0.731. The lowest BCUT2D eigenvalue weighted by Crippen LogP contribution is -2.05. The molecule has 0 atom stereocenters. The van der Waals surface area contributed by atoms with Crippen LogP contribution in [0.4, 0.5) is 0 Å². The highest BCUT2D eigenvalue weighted by Crippen LogP contribution is 2.13. The minimum Gasteiger partial charge on any atom is -0.461 e. The van der Waals surface area contributed by atoms with Gasteiger partial charge in [-0.2, -0.15) is 8.75 Å². The summed E-state index contributed by atoms with van der Waals surface area (Å²) in [6, 6.07) is 0. The van der Waals surface area contributed by atoms with Crippen molar-refractivity contribution in [3.05, 3.63) is 10.3 Å². The van der Waals surface area contributed by atoms with E-state index in [4.69, 9.17) is 4.74 Å². The van der Waals surface area contributed by atoms with Crippen molar-refractivity contribution < 1.29 is 9.53 Å². The van der Waals surface area contributed by atoms with Gasteiger partial charge < -0.3 is 4.74 Å². The molecule has 60 valence electrons. The number of carbonyl (C=O) groups is 1. The van der Waals surface area contributed by atoms with Crippen LogP contribution in [0, 0.1) is 0 Å². The number of nitrogens with zero attached hydrogens (tertiary/aromatic N) is 2. The molecule has 0 amide bonds. The zero-order chi connectivity index (χ0) is 8.27. The van der Waals surface area contributed by atoms with Crippen LogP contribution in [0.1, 0.15) is 17.4 Å². The van der Waals surface area contributed by atoms with Gasteiger partial charge in [0, 0.05) is 0 Å². The highest BCUT2D eigenvalue weighted by atomic mass is 79.9. The Hall–Kier alpha value is -0.490. The molecule has 6 heteroatoms. The van der Waals surface area contributed by atoms with Crippen molar-refractivity contribution in [1.82, 2.24) is 8.75 Å².